The van der Waals surface area contributed by atoms with Gasteiger partial charge in [-0.3, -0.25) is 9.59 Å². The summed E-state index contributed by atoms with van der Waals surface area (Å²) >= 11 is 5.76. The summed E-state index contributed by atoms with van der Waals surface area (Å²) in [4.78, 5) is 29.4. The van der Waals surface area contributed by atoms with E-state index in [2.05, 4.69) is 10.2 Å². The Kier molecular flexibility index (Phi) is 4.52. The van der Waals surface area contributed by atoms with Gasteiger partial charge in [-0.05, 0) is 55.7 Å². The molecule has 2 aliphatic rings. The van der Waals surface area contributed by atoms with Crippen LogP contribution < -0.4 is 10.2 Å². The van der Waals surface area contributed by atoms with Gasteiger partial charge in [0.15, 0.2) is 0 Å². The number of hydrogen-bond acceptors (Lipinski definition) is 3. The molecular formula is C20H19ClFN3O2. The van der Waals surface area contributed by atoms with Crippen LogP contribution in [0.2, 0.25) is 5.02 Å². The molecule has 7 heteroatoms. The molecule has 27 heavy (non-hydrogen) atoms. The number of carbonyl (C=O) groups is 2. The number of nitrogens with zero attached hydrogens (tertiary/aromatic N) is 2. The van der Waals surface area contributed by atoms with Crippen molar-refractivity contribution in [1.82, 2.24) is 4.90 Å². The van der Waals surface area contributed by atoms with Gasteiger partial charge < -0.3 is 15.1 Å². The lowest BCUT2D eigenvalue weighted by Crippen LogP contribution is -2.55. The van der Waals surface area contributed by atoms with Crippen molar-refractivity contribution < 1.29 is 14.0 Å². The second-order valence-electron chi connectivity index (χ2n) is 6.90. The van der Waals surface area contributed by atoms with Crippen molar-refractivity contribution in [1.29, 1.82) is 0 Å². The quantitative estimate of drug-likeness (QED) is 0.842. The van der Waals surface area contributed by atoms with Crippen molar-refractivity contribution in [3.63, 3.8) is 0 Å². The van der Waals surface area contributed by atoms with Crippen LogP contribution in [-0.4, -0.2) is 36.5 Å². The van der Waals surface area contributed by atoms with Crippen LogP contribution in [-0.2, 0) is 0 Å². The Morgan fingerprint density at radius 2 is 2.04 bits per heavy atom. The van der Waals surface area contributed by atoms with Crippen molar-refractivity contribution in [3.8, 4) is 0 Å². The molecule has 0 aromatic heterocycles. The second-order valence-corrected chi connectivity index (χ2v) is 7.31. The summed E-state index contributed by atoms with van der Waals surface area (Å²) in [7, 11) is 1.95. The molecule has 0 bridgehead atoms. The number of piperidine rings is 1. The minimum Gasteiger partial charge on any atom is -0.354 e. The second kappa shape index (κ2) is 6.85. The van der Waals surface area contributed by atoms with Crippen molar-refractivity contribution in [2.45, 2.75) is 25.4 Å². The van der Waals surface area contributed by atoms with Gasteiger partial charge >= 0.3 is 0 Å². The number of hydrogen-bond donors (Lipinski definition) is 1. The van der Waals surface area contributed by atoms with E-state index in [0.29, 0.717) is 16.8 Å². The minimum absolute atomic E-state index is 0.0186. The zero-order valence-electron chi connectivity index (χ0n) is 14.8. The molecule has 1 atom stereocenters. The van der Waals surface area contributed by atoms with Crippen LogP contribution in [0.3, 0.4) is 0 Å². The Bertz CT molecular complexity index is 933. The summed E-state index contributed by atoms with van der Waals surface area (Å²) in [6, 6.07) is 9.09. The van der Waals surface area contributed by atoms with Crippen molar-refractivity contribution in [2.24, 2.45) is 0 Å². The van der Waals surface area contributed by atoms with Crippen LogP contribution in [0.4, 0.5) is 15.8 Å². The lowest BCUT2D eigenvalue weighted by atomic mass is 9.97. The monoisotopic (exact) mass is 387 g/mol. The highest BCUT2D eigenvalue weighted by molar-refractivity contribution is 6.31. The molecule has 0 spiro atoms. The minimum atomic E-state index is -0.541. The van der Waals surface area contributed by atoms with Crippen molar-refractivity contribution in [2.75, 3.05) is 23.8 Å². The Morgan fingerprint density at radius 3 is 2.81 bits per heavy atom. The third kappa shape index (κ3) is 3.14. The summed E-state index contributed by atoms with van der Waals surface area (Å²) in [6.45, 7) is 0.765. The van der Waals surface area contributed by atoms with E-state index >= 15 is 0 Å². The highest BCUT2D eigenvalue weighted by Crippen LogP contribution is 2.35. The van der Waals surface area contributed by atoms with E-state index in [0.717, 1.165) is 31.5 Å². The van der Waals surface area contributed by atoms with Gasteiger partial charge in [0, 0.05) is 24.8 Å². The van der Waals surface area contributed by atoms with Crippen molar-refractivity contribution in [3.05, 3.63) is 58.4 Å². The van der Waals surface area contributed by atoms with E-state index in [-0.39, 0.29) is 23.0 Å². The van der Waals surface area contributed by atoms with Crippen LogP contribution in [0.15, 0.2) is 36.4 Å². The molecule has 2 amide bonds. The van der Waals surface area contributed by atoms with Gasteiger partial charge in [0.2, 0.25) is 0 Å². The van der Waals surface area contributed by atoms with E-state index in [9.17, 15) is 14.0 Å². The average molecular weight is 388 g/mol. The summed E-state index contributed by atoms with van der Waals surface area (Å²) in [5.41, 5.74) is 2.20. The standard InChI is InChI=1S/C20H19ClFN3O2/c1-24-17-10-12(19(26)23-13-6-8-16(22)15(21)11-13)5-7-14(17)20(27)25-9-3-2-4-18(24)25/h5-8,10-11,18H,2-4,9H2,1H3,(H,23,26). The number of benzene rings is 2. The number of amides is 2. The Hall–Kier alpha value is -2.60. The number of fused-ring (bicyclic) bond motifs is 2. The zero-order chi connectivity index (χ0) is 19.1. The summed E-state index contributed by atoms with van der Waals surface area (Å²) in [6.07, 6.45) is 3.06. The molecule has 1 unspecified atom stereocenters. The van der Waals surface area contributed by atoms with E-state index in [4.69, 9.17) is 11.6 Å². The zero-order valence-corrected chi connectivity index (χ0v) is 15.6. The summed E-state index contributed by atoms with van der Waals surface area (Å²) in [5.74, 6) is -0.863. The average Bonchev–Trinajstić information content (AvgIpc) is 2.68. The molecular weight excluding hydrogens is 369 g/mol. The predicted molar refractivity (Wildman–Crippen MR) is 103 cm³/mol. The Balaban J connectivity index is 1.62. The first-order chi connectivity index (χ1) is 13.0. The number of nitrogens with one attached hydrogen (secondary N) is 1. The first-order valence-electron chi connectivity index (χ1n) is 8.90. The van der Waals surface area contributed by atoms with Gasteiger partial charge in [-0.25, -0.2) is 4.39 Å². The largest absolute Gasteiger partial charge is 0.354 e. The van der Waals surface area contributed by atoms with Crippen LogP contribution in [0.25, 0.3) is 0 Å². The third-order valence-corrected chi connectivity index (χ3v) is 5.52. The van der Waals surface area contributed by atoms with E-state index in [1.165, 1.54) is 18.2 Å². The fourth-order valence-corrected chi connectivity index (χ4v) is 3.97. The first kappa shape index (κ1) is 17.8. The van der Waals surface area contributed by atoms with Gasteiger partial charge in [-0.1, -0.05) is 11.6 Å². The van der Waals surface area contributed by atoms with Crippen LogP contribution in [0.1, 0.15) is 40.0 Å². The molecule has 1 fully saturated rings. The topological polar surface area (TPSA) is 52.7 Å². The molecule has 2 aromatic rings. The number of halogens is 2. The SMILES string of the molecule is CN1c2cc(C(=O)Nc3ccc(F)c(Cl)c3)ccc2C(=O)N2CCCCC21. The molecule has 0 saturated carbocycles. The maximum absolute atomic E-state index is 13.3. The molecule has 2 aliphatic heterocycles. The Labute approximate surface area is 161 Å². The van der Waals surface area contributed by atoms with Crippen LogP contribution >= 0.6 is 11.6 Å². The first-order valence-corrected chi connectivity index (χ1v) is 9.28. The van der Waals surface area contributed by atoms with Gasteiger partial charge in [-0.2, -0.15) is 0 Å². The summed E-state index contributed by atoms with van der Waals surface area (Å²) < 4.78 is 13.3. The lowest BCUT2D eigenvalue weighted by molar-refractivity contribution is 0.0589. The molecule has 1 saturated heterocycles. The maximum Gasteiger partial charge on any atom is 0.257 e. The predicted octanol–water partition coefficient (Wildman–Crippen LogP) is 4.13. The van der Waals surface area contributed by atoms with Gasteiger partial charge in [0.25, 0.3) is 11.8 Å². The van der Waals surface area contributed by atoms with E-state index in [1.54, 1.807) is 18.2 Å². The van der Waals surface area contributed by atoms with Gasteiger partial charge in [-0.15, -0.1) is 0 Å². The van der Waals surface area contributed by atoms with Crippen LogP contribution in [0.5, 0.6) is 0 Å². The third-order valence-electron chi connectivity index (χ3n) is 5.23. The molecule has 140 valence electrons. The number of carbonyl (C=O) groups excluding carboxylic acids is 2. The molecule has 0 radical (unpaired) electrons. The van der Waals surface area contributed by atoms with Crippen molar-refractivity contribution >= 4 is 34.8 Å². The maximum atomic E-state index is 13.3. The van der Waals surface area contributed by atoms with E-state index < -0.39 is 5.82 Å². The number of rotatable bonds is 2. The molecule has 1 N–H and O–H groups in total. The fraction of sp³-hybridized carbons (Fsp3) is 0.300. The molecule has 2 aromatic carbocycles. The molecule has 2 heterocycles. The highest BCUT2D eigenvalue weighted by atomic mass is 35.5. The fourth-order valence-electron chi connectivity index (χ4n) is 3.79. The Morgan fingerprint density at radius 1 is 1.22 bits per heavy atom. The highest BCUT2D eigenvalue weighted by Gasteiger charge is 2.37. The normalized spacial score (nSPS) is 18.8. The van der Waals surface area contributed by atoms with Gasteiger partial charge in [0.1, 0.15) is 12.0 Å². The van der Waals surface area contributed by atoms with E-state index in [1.807, 2.05) is 11.9 Å². The van der Waals surface area contributed by atoms with Crippen LogP contribution in [0, 0.1) is 5.82 Å². The summed E-state index contributed by atoms with van der Waals surface area (Å²) in [5, 5.41) is 2.66. The molecule has 4 rings (SSSR count). The smallest absolute Gasteiger partial charge is 0.257 e. The molecule has 5 nitrogen and oxygen atoms in total. The number of anilines is 2. The lowest BCUT2D eigenvalue weighted by Gasteiger charge is -2.46. The van der Waals surface area contributed by atoms with Gasteiger partial charge in [0.05, 0.1) is 16.3 Å². The molecule has 0 aliphatic carbocycles.